The van der Waals surface area contributed by atoms with E-state index in [0.717, 1.165) is 15.6 Å². The van der Waals surface area contributed by atoms with Crippen LogP contribution >= 0.6 is 57.3 Å². The van der Waals surface area contributed by atoms with Crippen LogP contribution in [0.5, 0.6) is 0 Å². The number of halogens is 2. The minimum Gasteiger partial charge on any atom is -0.255 e. The minimum absolute atomic E-state index is 0.765. The number of benzene rings is 2. The van der Waals surface area contributed by atoms with Crippen molar-refractivity contribution in [3.63, 3.8) is 0 Å². The van der Waals surface area contributed by atoms with E-state index >= 15 is 0 Å². The Kier molecular flexibility index (Phi) is 5.57. The maximum Gasteiger partial charge on any atom is 0.0653 e. The molecule has 0 aliphatic heterocycles. The van der Waals surface area contributed by atoms with Gasteiger partial charge in [-0.25, -0.2) is 0 Å². The van der Waals surface area contributed by atoms with Gasteiger partial charge < -0.3 is 0 Å². The number of aliphatic imine (C=N–C) groups is 1. The fourth-order valence-electron chi connectivity index (χ4n) is 1.77. The van der Waals surface area contributed by atoms with Gasteiger partial charge in [-0.3, -0.25) is 4.99 Å². The molecule has 1 heterocycles. The largest absolute Gasteiger partial charge is 0.255 e. The molecule has 0 unspecified atom stereocenters. The van der Waals surface area contributed by atoms with E-state index in [2.05, 4.69) is 51.8 Å². The molecule has 1 aromatic heterocycles. The van der Waals surface area contributed by atoms with Crippen LogP contribution in [-0.4, -0.2) is 6.21 Å². The second-order valence-corrected chi connectivity index (χ2v) is 8.62. The first-order valence-electron chi connectivity index (χ1n) is 6.52. The average Bonchev–Trinajstić information content (AvgIpc) is 2.95. The number of hydrogen-bond acceptors (Lipinski definition) is 3. The monoisotopic (exact) mass is 455 g/mol. The van der Waals surface area contributed by atoms with E-state index in [1.54, 1.807) is 23.1 Å². The molecule has 0 atom stereocenters. The highest BCUT2D eigenvalue weighted by atomic mass is 127. The average molecular weight is 456 g/mol. The van der Waals surface area contributed by atoms with E-state index in [-0.39, 0.29) is 0 Å². The zero-order chi connectivity index (χ0) is 15.4. The smallest absolute Gasteiger partial charge is 0.0653 e. The molecule has 22 heavy (non-hydrogen) atoms. The molecular formula is C17H11ClINS2. The lowest BCUT2D eigenvalue weighted by molar-refractivity contribution is 1.46. The van der Waals surface area contributed by atoms with Crippen LogP contribution in [0.3, 0.4) is 0 Å². The third-order valence-corrected chi connectivity index (χ3v) is 5.87. The van der Waals surface area contributed by atoms with Crippen LogP contribution < -0.4 is 0 Å². The van der Waals surface area contributed by atoms with Crippen LogP contribution in [0.4, 0.5) is 5.69 Å². The topological polar surface area (TPSA) is 12.4 Å². The molecule has 0 spiro atoms. The van der Waals surface area contributed by atoms with Gasteiger partial charge in [0.25, 0.3) is 0 Å². The summed E-state index contributed by atoms with van der Waals surface area (Å²) in [5.74, 6) is 0. The van der Waals surface area contributed by atoms with Gasteiger partial charge in [0, 0.05) is 24.6 Å². The molecule has 2 aromatic carbocycles. The van der Waals surface area contributed by atoms with E-state index in [9.17, 15) is 0 Å². The fraction of sp³-hybridized carbons (Fsp3) is 0. The van der Waals surface area contributed by atoms with Gasteiger partial charge in [0.15, 0.2) is 0 Å². The first kappa shape index (κ1) is 16.1. The van der Waals surface area contributed by atoms with Gasteiger partial charge in [-0.1, -0.05) is 29.4 Å². The summed E-state index contributed by atoms with van der Waals surface area (Å²) in [5, 5.41) is 0.765. The van der Waals surface area contributed by atoms with Gasteiger partial charge in [-0.15, -0.1) is 11.3 Å². The first-order valence-corrected chi connectivity index (χ1v) is 9.61. The SMILES string of the molecule is Clc1ccc(Sc2ccc(C=Nc3cccc(I)c3)s2)cc1. The molecule has 110 valence electrons. The molecule has 0 amide bonds. The van der Waals surface area contributed by atoms with Crippen molar-refractivity contribution in [3.05, 3.63) is 74.1 Å². The van der Waals surface area contributed by atoms with Gasteiger partial charge in [0.05, 0.1) is 9.90 Å². The Hall–Kier alpha value is -0.820. The Morgan fingerprint density at radius 1 is 1.05 bits per heavy atom. The Bertz CT molecular complexity index is 796. The van der Waals surface area contributed by atoms with Crippen molar-refractivity contribution in [2.45, 2.75) is 9.10 Å². The summed E-state index contributed by atoms with van der Waals surface area (Å²) in [6.45, 7) is 0. The predicted molar refractivity (Wildman–Crippen MR) is 106 cm³/mol. The molecule has 0 aliphatic carbocycles. The lowest BCUT2D eigenvalue weighted by Crippen LogP contribution is -1.73. The highest BCUT2D eigenvalue weighted by Gasteiger charge is 2.01. The van der Waals surface area contributed by atoms with Crippen LogP contribution in [-0.2, 0) is 0 Å². The summed E-state index contributed by atoms with van der Waals surface area (Å²) in [5.41, 5.74) is 0.979. The third-order valence-electron chi connectivity index (χ3n) is 2.78. The molecular weight excluding hydrogens is 445 g/mol. The van der Waals surface area contributed by atoms with Gasteiger partial charge in [-0.2, -0.15) is 0 Å². The molecule has 0 fully saturated rings. The Balaban J connectivity index is 1.69. The standard InChI is InChI=1S/C17H11ClINS2/c18-12-4-6-15(7-5-12)21-17-9-8-16(22-17)11-20-14-3-1-2-13(19)10-14/h1-11H. The zero-order valence-electron chi connectivity index (χ0n) is 11.4. The predicted octanol–water partition coefficient (Wildman–Crippen LogP) is 6.91. The molecule has 3 rings (SSSR count). The molecule has 0 saturated heterocycles. The van der Waals surface area contributed by atoms with Crippen LogP contribution in [0.25, 0.3) is 0 Å². The highest BCUT2D eigenvalue weighted by molar-refractivity contribution is 14.1. The van der Waals surface area contributed by atoms with Crippen molar-refractivity contribution in [2.75, 3.05) is 0 Å². The van der Waals surface area contributed by atoms with E-state index in [1.165, 1.54) is 12.7 Å². The Morgan fingerprint density at radius 3 is 2.64 bits per heavy atom. The molecule has 5 heteroatoms. The minimum atomic E-state index is 0.765. The maximum absolute atomic E-state index is 5.90. The van der Waals surface area contributed by atoms with Crippen LogP contribution in [0.2, 0.25) is 5.02 Å². The normalized spacial score (nSPS) is 11.2. The number of nitrogens with zero attached hydrogens (tertiary/aromatic N) is 1. The molecule has 0 N–H and O–H groups in total. The van der Waals surface area contributed by atoms with Crippen molar-refractivity contribution >= 4 is 69.2 Å². The quantitative estimate of drug-likeness (QED) is 0.307. The van der Waals surface area contributed by atoms with E-state index in [0.29, 0.717) is 0 Å². The van der Waals surface area contributed by atoms with E-state index in [4.69, 9.17) is 11.6 Å². The Labute approximate surface area is 156 Å². The third kappa shape index (κ3) is 4.59. The summed E-state index contributed by atoms with van der Waals surface area (Å²) < 4.78 is 2.43. The van der Waals surface area contributed by atoms with Crippen LogP contribution in [0.1, 0.15) is 4.88 Å². The van der Waals surface area contributed by atoms with Crippen molar-refractivity contribution in [2.24, 2.45) is 4.99 Å². The fourth-order valence-corrected chi connectivity index (χ4v) is 4.42. The zero-order valence-corrected chi connectivity index (χ0v) is 15.9. The molecule has 0 bridgehead atoms. The second-order valence-electron chi connectivity index (χ2n) is 4.45. The number of thiophene rings is 1. The van der Waals surface area contributed by atoms with E-state index in [1.807, 2.05) is 42.6 Å². The van der Waals surface area contributed by atoms with Gasteiger partial charge in [-0.05, 0) is 77.2 Å². The van der Waals surface area contributed by atoms with Crippen molar-refractivity contribution in [3.8, 4) is 0 Å². The van der Waals surface area contributed by atoms with Crippen molar-refractivity contribution in [1.82, 2.24) is 0 Å². The summed E-state index contributed by atoms with van der Waals surface area (Å²) in [7, 11) is 0. The summed E-state index contributed by atoms with van der Waals surface area (Å²) in [6.07, 6.45) is 1.92. The Morgan fingerprint density at radius 2 is 1.86 bits per heavy atom. The lowest BCUT2D eigenvalue weighted by atomic mass is 10.3. The highest BCUT2D eigenvalue weighted by Crippen LogP contribution is 2.33. The van der Waals surface area contributed by atoms with Crippen LogP contribution in [0, 0.1) is 3.57 Å². The number of rotatable bonds is 4. The first-order chi connectivity index (χ1) is 10.7. The van der Waals surface area contributed by atoms with Gasteiger partial charge in [0.1, 0.15) is 0 Å². The van der Waals surface area contributed by atoms with E-state index < -0.39 is 0 Å². The summed E-state index contributed by atoms with van der Waals surface area (Å²) in [6, 6.07) is 20.3. The molecule has 0 saturated carbocycles. The molecule has 1 nitrogen and oxygen atoms in total. The molecule has 3 aromatic rings. The number of hydrogen-bond donors (Lipinski definition) is 0. The summed E-state index contributed by atoms with van der Waals surface area (Å²) >= 11 is 11.7. The second kappa shape index (κ2) is 7.64. The van der Waals surface area contributed by atoms with Crippen molar-refractivity contribution in [1.29, 1.82) is 0 Å². The lowest BCUT2D eigenvalue weighted by Gasteiger charge is -1.97. The van der Waals surface area contributed by atoms with Crippen LogP contribution in [0.15, 0.2) is 74.8 Å². The van der Waals surface area contributed by atoms with Gasteiger partial charge in [0.2, 0.25) is 0 Å². The summed E-state index contributed by atoms with van der Waals surface area (Å²) in [4.78, 5) is 6.86. The van der Waals surface area contributed by atoms with Gasteiger partial charge >= 0.3 is 0 Å². The molecule has 0 aliphatic rings. The van der Waals surface area contributed by atoms with Crippen molar-refractivity contribution < 1.29 is 0 Å². The molecule has 0 radical (unpaired) electrons. The maximum atomic E-state index is 5.90.